The van der Waals surface area contributed by atoms with E-state index in [4.69, 9.17) is 14.2 Å². The number of carbonyl (C=O) groups is 2. The van der Waals surface area contributed by atoms with Gasteiger partial charge in [0.2, 0.25) is 5.91 Å². The van der Waals surface area contributed by atoms with Crippen molar-refractivity contribution in [1.29, 1.82) is 0 Å². The third-order valence-electron chi connectivity index (χ3n) is 6.56. The van der Waals surface area contributed by atoms with Crippen LogP contribution in [-0.4, -0.2) is 50.7 Å². The topological polar surface area (TPSA) is 68.3 Å². The van der Waals surface area contributed by atoms with Crippen LogP contribution >= 0.6 is 0 Å². The lowest BCUT2D eigenvalue weighted by Crippen LogP contribution is -2.44. The molecule has 1 aliphatic rings. The first-order chi connectivity index (χ1) is 18.2. The third-order valence-corrected chi connectivity index (χ3v) is 6.56. The molecule has 0 aromatic heterocycles. The summed E-state index contributed by atoms with van der Waals surface area (Å²) in [7, 11) is 2.84. The van der Waals surface area contributed by atoms with Gasteiger partial charge in [-0.05, 0) is 43.2 Å². The Kier molecular flexibility index (Phi) is 8.91. The van der Waals surface area contributed by atoms with Crippen molar-refractivity contribution in [2.45, 2.75) is 51.2 Å². The lowest BCUT2D eigenvalue weighted by molar-refractivity contribution is -0.143. The molecule has 0 saturated heterocycles. The first kappa shape index (κ1) is 29.9. The molecule has 0 bridgehead atoms. The van der Waals surface area contributed by atoms with Crippen LogP contribution in [-0.2, 0) is 33.2 Å². The van der Waals surface area contributed by atoms with Gasteiger partial charge in [0.25, 0.3) is 6.47 Å². The van der Waals surface area contributed by atoms with Crippen molar-refractivity contribution < 1.29 is 50.1 Å². The van der Waals surface area contributed by atoms with Crippen LogP contribution in [0.3, 0.4) is 0 Å². The maximum atomic E-state index is 13.4. The van der Waals surface area contributed by atoms with Gasteiger partial charge in [0, 0.05) is 37.3 Å². The first-order valence-electron chi connectivity index (χ1n) is 11.8. The highest BCUT2D eigenvalue weighted by molar-refractivity contribution is 5.75. The van der Waals surface area contributed by atoms with E-state index in [1.165, 1.54) is 26.0 Å². The number of amides is 1. The highest BCUT2D eigenvalue weighted by atomic mass is 19.4. The van der Waals surface area contributed by atoms with Crippen molar-refractivity contribution in [2.75, 3.05) is 32.3 Å². The number of methoxy groups -OCH3 is 2. The molecular formula is C26H28F6N2O5. The number of carbonyl (C=O) groups excluding carboxylic acids is 2. The maximum absolute atomic E-state index is 13.4. The summed E-state index contributed by atoms with van der Waals surface area (Å²) >= 11 is 0. The van der Waals surface area contributed by atoms with Gasteiger partial charge in [-0.1, -0.05) is 0 Å². The Morgan fingerprint density at radius 1 is 1.03 bits per heavy atom. The normalized spacial score (nSPS) is 16.3. The van der Waals surface area contributed by atoms with Crippen molar-refractivity contribution in [3.8, 4) is 11.5 Å². The number of rotatable bonds is 9. The minimum absolute atomic E-state index is 0.0509. The molecule has 0 aliphatic carbocycles. The molecule has 2 atom stereocenters. The first-order valence-corrected chi connectivity index (χ1v) is 11.8. The summed E-state index contributed by atoms with van der Waals surface area (Å²) < 4.78 is 96.3. The molecule has 0 N–H and O–H groups in total. The summed E-state index contributed by atoms with van der Waals surface area (Å²) in [6, 6.07) is 3.58. The van der Waals surface area contributed by atoms with Gasteiger partial charge >= 0.3 is 12.4 Å². The van der Waals surface area contributed by atoms with E-state index >= 15 is 0 Å². The molecule has 7 nitrogen and oxygen atoms in total. The molecule has 13 heteroatoms. The quantitative estimate of drug-likeness (QED) is 0.293. The van der Waals surface area contributed by atoms with Crippen LogP contribution in [0.25, 0.3) is 0 Å². The monoisotopic (exact) mass is 562 g/mol. The number of hydrogen-bond donors (Lipinski definition) is 0. The van der Waals surface area contributed by atoms with E-state index in [2.05, 4.69) is 0 Å². The van der Waals surface area contributed by atoms with Crippen molar-refractivity contribution in [3.63, 3.8) is 0 Å². The molecule has 0 spiro atoms. The number of anilines is 1. The van der Waals surface area contributed by atoms with Gasteiger partial charge in [-0.3, -0.25) is 9.59 Å². The number of halogens is 6. The Hall–Kier alpha value is -3.64. The van der Waals surface area contributed by atoms with Crippen LogP contribution in [0.5, 0.6) is 11.5 Å². The molecular weight excluding hydrogens is 534 g/mol. The molecule has 0 fully saturated rings. The zero-order valence-corrected chi connectivity index (χ0v) is 21.7. The third kappa shape index (κ3) is 6.69. The van der Waals surface area contributed by atoms with Crippen LogP contribution in [0.2, 0.25) is 0 Å². The molecule has 1 amide bonds. The maximum Gasteiger partial charge on any atom is 0.416 e. The SMILES string of the molecule is COc1cc2c(cc1OC)N(C(C)COC=O)CCC2N(Cc1cc(C(F)(F)F)cc(C(F)(F)F)c1)C(C)=O. The van der Waals surface area contributed by atoms with Crippen LogP contribution in [0.4, 0.5) is 32.0 Å². The summed E-state index contributed by atoms with van der Waals surface area (Å²) in [5.74, 6) is 0.145. The van der Waals surface area contributed by atoms with E-state index in [0.717, 1.165) is 0 Å². The van der Waals surface area contributed by atoms with Gasteiger partial charge in [0.15, 0.2) is 11.5 Å². The highest BCUT2D eigenvalue weighted by Gasteiger charge is 2.38. The molecule has 2 aromatic rings. The lowest BCUT2D eigenvalue weighted by atomic mass is 9.92. The summed E-state index contributed by atoms with van der Waals surface area (Å²) in [5, 5.41) is 0. The van der Waals surface area contributed by atoms with Crippen LogP contribution < -0.4 is 14.4 Å². The Morgan fingerprint density at radius 3 is 2.08 bits per heavy atom. The summed E-state index contributed by atoms with van der Waals surface area (Å²) in [6.07, 6.45) is -9.74. The highest BCUT2D eigenvalue weighted by Crippen LogP contribution is 2.45. The van der Waals surface area contributed by atoms with Gasteiger partial charge in [0.05, 0.1) is 37.4 Å². The fraction of sp³-hybridized carbons (Fsp3) is 0.462. The molecule has 3 rings (SSSR count). The van der Waals surface area contributed by atoms with Crippen molar-refractivity contribution >= 4 is 18.1 Å². The fourth-order valence-corrected chi connectivity index (χ4v) is 4.74. The van der Waals surface area contributed by atoms with Gasteiger partial charge < -0.3 is 24.0 Å². The molecule has 0 radical (unpaired) electrons. The van der Waals surface area contributed by atoms with Crippen molar-refractivity contribution in [1.82, 2.24) is 4.90 Å². The molecule has 0 saturated carbocycles. The largest absolute Gasteiger partial charge is 0.493 e. The van der Waals surface area contributed by atoms with Gasteiger partial charge in [-0.15, -0.1) is 0 Å². The summed E-state index contributed by atoms with van der Waals surface area (Å²) in [4.78, 5) is 26.7. The molecule has 214 valence electrons. The number of ether oxygens (including phenoxy) is 3. The Balaban J connectivity index is 2.11. The number of benzene rings is 2. The van der Waals surface area contributed by atoms with Crippen LogP contribution in [0, 0.1) is 0 Å². The van der Waals surface area contributed by atoms with Gasteiger partial charge in [0.1, 0.15) is 6.61 Å². The van der Waals surface area contributed by atoms with E-state index in [1.54, 1.807) is 12.1 Å². The van der Waals surface area contributed by atoms with E-state index in [1.807, 2.05) is 11.8 Å². The molecule has 2 aromatic carbocycles. The van der Waals surface area contributed by atoms with Gasteiger partial charge in [-0.2, -0.15) is 26.3 Å². The average molecular weight is 563 g/mol. The van der Waals surface area contributed by atoms with Crippen molar-refractivity contribution in [3.05, 3.63) is 52.6 Å². The number of hydrogen-bond acceptors (Lipinski definition) is 6. The second-order valence-corrected chi connectivity index (χ2v) is 9.10. The zero-order valence-electron chi connectivity index (χ0n) is 21.7. The van der Waals surface area contributed by atoms with E-state index in [-0.39, 0.29) is 24.3 Å². The second kappa shape index (κ2) is 11.6. The van der Waals surface area contributed by atoms with E-state index in [9.17, 15) is 35.9 Å². The predicted molar refractivity (Wildman–Crippen MR) is 128 cm³/mol. The smallest absolute Gasteiger partial charge is 0.416 e. The van der Waals surface area contributed by atoms with Gasteiger partial charge in [-0.25, -0.2) is 0 Å². The van der Waals surface area contributed by atoms with Crippen LogP contribution in [0.1, 0.15) is 48.6 Å². The van der Waals surface area contributed by atoms with Crippen LogP contribution in [0.15, 0.2) is 30.3 Å². The standard InChI is InChI=1S/C26H28F6N2O5/c1-15(13-39-14-35)33-6-5-21(20-10-23(37-3)24(38-4)11-22(20)33)34(16(2)36)12-17-7-18(25(27,28)29)9-19(8-17)26(30,31)32/h7-11,14-15,21H,5-6,12-13H2,1-4H3. The molecule has 1 aliphatic heterocycles. The summed E-state index contributed by atoms with van der Waals surface area (Å²) in [6.45, 7) is 3.24. The zero-order chi connectivity index (χ0) is 29.1. The predicted octanol–water partition coefficient (Wildman–Crippen LogP) is 5.60. The minimum Gasteiger partial charge on any atom is -0.493 e. The number of alkyl halides is 6. The lowest BCUT2D eigenvalue weighted by Gasteiger charge is -2.43. The number of nitrogens with zero attached hydrogens (tertiary/aromatic N) is 2. The fourth-order valence-electron chi connectivity index (χ4n) is 4.74. The van der Waals surface area contributed by atoms with Crippen molar-refractivity contribution in [2.24, 2.45) is 0 Å². The van der Waals surface area contributed by atoms with E-state index in [0.29, 0.717) is 54.3 Å². The Morgan fingerprint density at radius 2 is 1.59 bits per heavy atom. The Labute approximate surface area is 221 Å². The summed E-state index contributed by atoms with van der Waals surface area (Å²) in [5.41, 5.74) is -2.08. The second-order valence-electron chi connectivity index (χ2n) is 9.10. The molecule has 39 heavy (non-hydrogen) atoms. The minimum atomic E-state index is -5.02. The number of fused-ring (bicyclic) bond motifs is 1. The molecule has 2 unspecified atom stereocenters. The van der Waals surface area contributed by atoms with E-state index < -0.39 is 42.0 Å². The average Bonchev–Trinajstić information content (AvgIpc) is 2.87. The molecule has 1 heterocycles. The Bertz CT molecular complexity index is 1170.